The number of anilines is 1. The molecule has 1 N–H and O–H groups in total. The summed E-state index contributed by atoms with van der Waals surface area (Å²) in [5.41, 5.74) is 6.39. The smallest absolute Gasteiger partial charge is 0.161 e. The van der Waals surface area contributed by atoms with E-state index >= 15 is 0 Å². The topological polar surface area (TPSA) is 118 Å². The minimum atomic E-state index is 0. The molecule has 6 aromatic rings. The molecule has 2 aromatic carbocycles. The normalized spacial score (nSPS) is 14.3. The first-order valence-electron chi connectivity index (χ1n) is 21.7. The van der Waals surface area contributed by atoms with Crippen LogP contribution in [0.1, 0.15) is 41.5 Å². The number of nitrogens with one attached hydrogen (secondary N) is 1. The molecule has 14 heteroatoms. The molecule has 0 unspecified atom stereocenters. The third kappa shape index (κ3) is 16.2. The molecule has 346 valence electrons. The van der Waals surface area contributed by atoms with Crippen molar-refractivity contribution >= 4 is 17.4 Å². The molecule has 6 heterocycles. The third-order valence-corrected chi connectivity index (χ3v) is 10.7. The van der Waals surface area contributed by atoms with Crippen molar-refractivity contribution in [3.05, 3.63) is 123 Å². The van der Waals surface area contributed by atoms with Crippen molar-refractivity contribution in [3.63, 3.8) is 0 Å². The maximum atomic E-state index is 6.30. The standard InChI is InChI=1S/C25H31N5O.C16H12ClN3O.C9H20N2.CH3.W/c1-25(2,3)18-29-12-14-30(15-13-29)24-22(20-6-5-7-21(16-20)31-4)17-27-23(28-24)19-8-10-26-11-9-19;1-21-13-4-2-3-12(9-13)14-10-19-16(20-15(14)17)11-5-7-18-8-6-11;1-9(2,3)8-11-6-4-10-5-7-11;;/h5-11,16-17H,12-15,18H2,1-4H3;2-10H,1H3;10H,4-8H2,1-3H3;1H3;/q;;;-1;. The molecule has 2 saturated heterocycles. The number of pyridine rings is 2. The van der Waals surface area contributed by atoms with E-state index in [1.807, 2.05) is 72.9 Å². The fourth-order valence-electron chi connectivity index (χ4n) is 7.56. The summed E-state index contributed by atoms with van der Waals surface area (Å²) in [6.45, 7) is 24.8. The summed E-state index contributed by atoms with van der Waals surface area (Å²) in [4.78, 5) is 34.0. The molecular formula is C51H66ClN10O2W-. The number of halogens is 1. The summed E-state index contributed by atoms with van der Waals surface area (Å²) in [5.74, 6) is 3.87. The molecule has 0 aliphatic carbocycles. The minimum Gasteiger partial charge on any atom is -0.497 e. The van der Waals surface area contributed by atoms with Gasteiger partial charge in [0.2, 0.25) is 0 Å². The maximum Gasteiger partial charge on any atom is 0.161 e. The van der Waals surface area contributed by atoms with E-state index in [0.717, 1.165) is 102 Å². The Balaban J connectivity index is 0.000000235. The van der Waals surface area contributed by atoms with Gasteiger partial charge in [0.05, 0.1) is 14.2 Å². The Morgan fingerprint density at radius 1 is 0.585 bits per heavy atom. The number of hydrogen-bond acceptors (Lipinski definition) is 12. The van der Waals surface area contributed by atoms with Crippen LogP contribution in [0.2, 0.25) is 5.15 Å². The van der Waals surface area contributed by atoms with Crippen LogP contribution in [0.15, 0.2) is 110 Å². The third-order valence-electron chi connectivity index (χ3n) is 10.4. The van der Waals surface area contributed by atoms with E-state index in [2.05, 4.69) is 92.5 Å². The fraction of sp³-hybridized carbons (Fsp3) is 0.392. The molecule has 0 amide bonds. The SMILES string of the molecule is CC(C)(C)CN1CCNCC1.COc1cccc(-c2cnc(-c3ccncc3)nc2Cl)c1.COc1cccc(-c2cnc(-c3ccncc3)nc2N2CCN(CC(C)(C)C)CC2)c1.[CH3-].[W]. The van der Waals surface area contributed by atoms with Crippen LogP contribution < -0.4 is 19.7 Å². The van der Waals surface area contributed by atoms with Crippen molar-refractivity contribution in [3.8, 4) is 56.5 Å². The number of piperazine rings is 2. The van der Waals surface area contributed by atoms with Gasteiger partial charge in [-0.25, -0.2) is 19.9 Å². The number of nitrogens with zero attached hydrogens (tertiary/aromatic N) is 9. The van der Waals surface area contributed by atoms with E-state index in [1.54, 1.807) is 45.2 Å². The Kier molecular flexibility index (Phi) is 20.4. The molecule has 0 radical (unpaired) electrons. The second-order valence-corrected chi connectivity index (χ2v) is 18.5. The summed E-state index contributed by atoms with van der Waals surface area (Å²) in [6, 6.07) is 23.3. The van der Waals surface area contributed by atoms with Gasteiger partial charge in [-0.3, -0.25) is 14.9 Å². The van der Waals surface area contributed by atoms with Crippen LogP contribution in [0.4, 0.5) is 5.82 Å². The predicted molar refractivity (Wildman–Crippen MR) is 263 cm³/mol. The van der Waals surface area contributed by atoms with Gasteiger partial charge in [-0.15, -0.1) is 0 Å². The van der Waals surface area contributed by atoms with Crippen molar-refractivity contribution in [2.24, 2.45) is 10.8 Å². The van der Waals surface area contributed by atoms with Gasteiger partial charge in [0.25, 0.3) is 0 Å². The quantitative estimate of drug-likeness (QED) is 0.110. The average molecular weight is 1070 g/mol. The van der Waals surface area contributed by atoms with E-state index in [1.165, 1.54) is 19.6 Å². The number of aromatic nitrogens is 6. The molecule has 0 spiro atoms. The Labute approximate surface area is 406 Å². The van der Waals surface area contributed by atoms with Crippen LogP contribution in [0.5, 0.6) is 11.5 Å². The molecule has 4 aromatic heterocycles. The fourth-order valence-corrected chi connectivity index (χ4v) is 7.80. The molecular weight excluding hydrogens is 1000 g/mol. The van der Waals surface area contributed by atoms with Gasteiger partial charge in [0, 0.05) is 146 Å². The van der Waals surface area contributed by atoms with Crippen molar-refractivity contribution in [1.82, 2.24) is 45.0 Å². The summed E-state index contributed by atoms with van der Waals surface area (Å²) in [5, 5.41) is 3.77. The zero-order valence-corrected chi connectivity index (χ0v) is 43.3. The second kappa shape index (κ2) is 25.2. The van der Waals surface area contributed by atoms with E-state index in [4.69, 9.17) is 26.1 Å². The van der Waals surface area contributed by atoms with Gasteiger partial charge in [0.1, 0.15) is 22.5 Å². The van der Waals surface area contributed by atoms with Crippen LogP contribution in [-0.2, 0) is 21.1 Å². The number of hydrogen-bond donors (Lipinski definition) is 1. The van der Waals surface area contributed by atoms with Crippen molar-refractivity contribution in [2.75, 3.05) is 84.6 Å². The number of benzene rings is 2. The molecule has 0 atom stereocenters. The van der Waals surface area contributed by atoms with Crippen LogP contribution in [0.25, 0.3) is 45.0 Å². The first-order valence-corrected chi connectivity index (χ1v) is 22.1. The minimum absolute atomic E-state index is 0. The molecule has 2 aliphatic rings. The summed E-state index contributed by atoms with van der Waals surface area (Å²) in [7, 11) is 3.32. The van der Waals surface area contributed by atoms with Gasteiger partial charge >= 0.3 is 0 Å². The molecule has 2 fully saturated rings. The number of rotatable bonds is 9. The molecule has 8 rings (SSSR count). The number of methoxy groups -OCH3 is 2. The van der Waals surface area contributed by atoms with Gasteiger partial charge in [0.15, 0.2) is 11.6 Å². The molecule has 0 bridgehead atoms. The van der Waals surface area contributed by atoms with Gasteiger partial charge in [-0.1, -0.05) is 77.4 Å². The van der Waals surface area contributed by atoms with Crippen molar-refractivity contribution in [1.29, 1.82) is 0 Å². The maximum absolute atomic E-state index is 6.30. The molecule has 12 nitrogen and oxygen atoms in total. The van der Waals surface area contributed by atoms with Gasteiger partial charge in [-0.05, 0) is 70.5 Å². The van der Waals surface area contributed by atoms with E-state index < -0.39 is 0 Å². The van der Waals surface area contributed by atoms with Crippen molar-refractivity contribution < 1.29 is 30.5 Å². The zero-order chi connectivity index (χ0) is 44.8. The molecule has 0 saturated carbocycles. The van der Waals surface area contributed by atoms with Crippen LogP contribution in [0.3, 0.4) is 0 Å². The van der Waals surface area contributed by atoms with Crippen molar-refractivity contribution in [2.45, 2.75) is 41.5 Å². The monoisotopic (exact) mass is 1070 g/mol. The van der Waals surface area contributed by atoms with E-state index in [-0.39, 0.29) is 28.5 Å². The Bertz CT molecular complexity index is 2330. The first kappa shape index (κ1) is 52.8. The summed E-state index contributed by atoms with van der Waals surface area (Å²) in [6.07, 6.45) is 10.6. The summed E-state index contributed by atoms with van der Waals surface area (Å²) >= 11 is 6.30. The number of ether oxygens (including phenoxy) is 2. The van der Waals surface area contributed by atoms with Crippen LogP contribution >= 0.6 is 11.6 Å². The zero-order valence-electron chi connectivity index (χ0n) is 39.6. The average Bonchev–Trinajstić information content (AvgIpc) is 3.29. The van der Waals surface area contributed by atoms with Gasteiger partial charge < -0.3 is 32.0 Å². The van der Waals surface area contributed by atoms with Gasteiger partial charge in [-0.2, -0.15) is 0 Å². The largest absolute Gasteiger partial charge is 0.497 e. The predicted octanol–water partition coefficient (Wildman–Crippen LogP) is 9.64. The molecule has 2 aliphatic heterocycles. The van der Waals surface area contributed by atoms with E-state index in [0.29, 0.717) is 21.8 Å². The Morgan fingerprint density at radius 2 is 1.03 bits per heavy atom. The van der Waals surface area contributed by atoms with E-state index in [9.17, 15) is 0 Å². The van der Waals surface area contributed by atoms with Crippen LogP contribution in [0, 0.1) is 18.3 Å². The summed E-state index contributed by atoms with van der Waals surface area (Å²) < 4.78 is 10.7. The Morgan fingerprint density at radius 3 is 1.49 bits per heavy atom. The Hall–Kier alpha value is -4.84. The second-order valence-electron chi connectivity index (χ2n) is 18.2. The molecule has 65 heavy (non-hydrogen) atoms. The van der Waals surface area contributed by atoms with Crippen LogP contribution in [-0.4, -0.2) is 119 Å². The first-order chi connectivity index (χ1) is 30.3.